The second-order valence-electron chi connectivity index (χ2n) is 5.44. The van der Waals surface area contributed by atoms with Gasteiger partial charge in [0.25, 0.3) is 5.56 Å². The molecule has 122 valence electrons. The fourth-order valence-corrected chi connectivity index (χ4v) is 2.62. The van der Waals surface area contributed by atoms with E-state index in [9.17, 15) is 4.79 Å². The Morgan fingerprint density at radius 3 is 2.25 bits per heavy atom. The lowest BCUT2D eigenvalue weighted by molar-refractivity contribution is 0.355. The Kier molecular flexibility index (Phi) is 4.66. The summed E-state index contributed by atoms with van der Waals surface area (Å²) in [6.07, 6.45) is 1.87. The first kappa shape index (κ1) is 15.9. The second-order valence-corrected chi connectivity index (χ2v) is 5.44. The minimum absolute atomic E-state index is 0.0249. The van der Waals surface area contributed by atoms with E-state index in [0.717, 1.165) is 16.7 Å². The first-order chi connectivity index (χ1) is 11.7. The van der Waals surface area contributed by atoms with Crippen molar-refractivity contribution in [3.05, 3.63) is 82.8 Å². The van der Waals surface area contributed by atoms with Gasteiger partial charge >= 0.3 is 0 Å². The molecule has 0 spiro atoms. The predicted molar refractivity (Wildman–Crippen MR) is 94.8 cm³/mol. The second kappa shape index (κ2) is 7.04. The molecule has 2 aromatic carbocycles. The molecule has 3 aromatic rings. The average Bonchev–Trinajstić information content (AvgIpc) is 2.64. The van der Waals surface area contributed by atoms with E-state index in [0.29, 0.717) is 18.0 Å². The van der Waals surface area contributed by atoms with Crippen LogP contribution in [0, 0.1) is 0 Å². The van der Waals surface area contributed by atoms with Gasteiger partial charge in [-0.2, -0.15) is 0 Å². The van der Waals surface area contributed by atoms with Crippen molar-refractivity contribution < 1.29 is 9.47 Å². The molecule has 0 saturated heterocycles. The monoisotopic (exact) mass is 321 g/mol. The zero-order chi connectivity index (χ0) is 16.9. The molecule has 0 fully saturated rings. The molecule has 3 rings (SSSR count). The Balaban J connectivity index is 1.98. The maximum absolute atomic E-state index is 12.1. The highest BCUT2D eigenvalue weighted by molar-refractivity contribution is 5.66. The van der Waals surface area contributed by atoms with Gasteiger partial charge in [0.1, 0.15) is 0 Å². The number of nitrogens with zero attached hydrogens (tertiary/aromatic N) is 1. The van der Waals surface area contributed by atoms with Gasteiger partial charge in [-0.1, -0.05) is 36.4 Å². The minimum atomic E-state index is -0.0249. The van der Waals surface area contributed by atoms with Gasteiger partial charge < -0.3 is 14.0 Å². The van der Waals surface area contributed by atoms with Gasteiger partial charge in [0.2, 0.25) is 0 Å². The standard InChI is InChI=1S/C20H19NO3/c1-23-18-10-8-16(12-19(18)24-2)17-9-11-20(22)21(14-17)13-15-6-4-3-5-7-15/h3-12,14H,13H2,1-2H3. The molecule has 1 heterocycles. The summed E-state index contributed by atoms with van der Waals surface area (Å²) in [6.45, 7) is 0.542. The van der Waals surface area contributed by atoms with Crippen molar-refractivity contribution in [3.8, 4) is 22.6 Å². The first-order valence-corrected chi connectivity index (χ1v) is 7.68. The number of hydrogen-bond acceptors (Lipinski definition) is 3. The maximum atomic E-state index is 12.1. The smallest absolute Gasteiger partial charge is 0.250 e. The van der Waals surface area contributed by atoms with Gasteiger partial charge in [-0.15, -0.1) is 0 Å². The van der Waals surface area contributed by atoms with Crippen LogP contribution in [-0.2, 0) is 6.54 Å². The molecule has 0 aliphatic heterocycles. The van der Waals surface area contributed by atoms with Crippen molar-refractivity contribution in [3.63, 3.8) is 0 Å². The third-order valence-electron chi connectivity index (χ3n) is 3.90. The van der Waals surface area contributed by atoms with E-state index in [1.807, 2.05) is 60.8 Å². The molecule has 1 aromatic heterocycles. The third kappa shape index (κ3) is 3.33. The molecule has 0 bridgehead atoms. The van der Waals surface area contributed by atoms with E-state index in [1.54, 1.807) is 24.9 Å². The molecule has 0 aliphatic rings. The lowest BCUT2D eigenvalue weighted by atomic mass is 10.1. The molecule has 0 aliphatic carbocycles. The van der Waals surface area contributed by atoms with Crippen molar-refractivity contribution in [2.45, 2.75) is 6.54 Å². The SMILES string of the molecule is COc1ccc(-c2ccc(=O)n(Cc3ccccc3)c2)cc1OC. The van der Waals surface area contributed by atoms with E-state index in [-0.39, 0.29) is 5.56 Å². The van der Waals surface area contributed by atoms with Crippen LogP contribution in [0.1, 0.15) is 5.56 Å². The average molecular weight is 321 g/mol. The van der Waals surface area contributed by atoms with Gasteiger partial charge in [0.15, 0.2) is 11.5 Å². The lowest BCUT2D eigenvalue weighted by Gasteiger charge is -2.11. The van der Waals surface area contributed by atoms with Crippen molar-refractivity contribution in [1.29, 1.82) is 0 Å². The van der Waals surface area contributed by atoms with Crippen LogP contribution < -0.4 is 15.0 Å². The molecule has 0 amide bonds. The number of pyridine rings is 1. The van der Waals surface area contributed by atoms with Crippen LogP contribution in [0.15, 0.2) is 71.7 Å². The van der Waals surface area contributed by atoms with Gasteiger partial charge in [-0.05, 0) is 34.9 Å². The summed E-state index contributed by atoms with van der Waals surface area (Å²) in [5.74, 6) is 1.34. The van der Waals surface area contributed by atoms with Crippen LogP contribution in [0.5, 0.6) is 11.5 Å². The largest absolute Gasteiger partial charge is 0.493 e. The highest BCUT2D eigenvalue weighted by atomic mass is 16.5. The van der Waals surface area contributed by atoms with Crippen molar-refractivity contribution >= 4 is 0 Å². The van der Waals surface area contributed by atoms with Crippen molar-refractivity contribution in [1.82, 2.24) is 4.57 Å². The summed E-state index contributed by atoms with van der Waals surface area (Å²) in [5, 5.41) is 0. The molecule has 0 radical (unpaired) electrons. The topological polar surface area (TPSA) is 40.5 Å². The molecular formula is C20H19NO3. The van der Waals surface area contributed by atoms with Crippen LogP contribution >= 0.6 is 0 Å². The fourth-order valence-electron chi connectivity index (χ4n) is 2.62. The summed E-state index contributed by atoms with van der Waals surface area (Å²) in [4.78, 5) is 12.1. The van der Waals surface area contributed by atoms with Crippen LogP contribution in [0.3, 0.4) is 0 Å². The Hall–Kier alpha value is -3.01. The molecule has 0 saturated carbocycles. The highest BCUT2D eigenvalue weighted by Gasteiger charge is 2.08. The van der Waals surface area contributed by atoms with E-state index in [2.05, 4.69) is 0 Å². The lowest BCUT2D eigenvalue weighted by Crippen LogP contribution is -2.19. The number of ether oxygens (including phenoxy) is 2. The van der Waals surface area contributed by atoms with E-state index < -0.39 is 0 Å². The number of hydrogen-bond donors (Lipinski definition) is 0. The number of aromatic nitrogens is 1. The molecule has 4 heteroatoms. The van der Waals surface area contributed by atoms with Gasteiger partial charge in [0.05, 0.1) is 20.8 Å². The summed E-state index contributed by atoms with van der Waals surface area (Å²) >= 11 is 0. The summed E-state index contributed by atoms with van der Waals surface area (Å²) in [5.41, 5.74) is 2.98. The van der Waals surface area contributed by atoms with Gasteiger partial charge in [-0.25, -0.2) is 0 Å². The summed E-state index contributed by atoms with van der Waals surface area (Å²) in [7, 11) is 3.22. The fraction of sp³-hybridized carbons (Fsp3) is 0.150. The summed E-state index contributed by atoms with van der Waals surface area (Å²) in [6, 6.07) is 19.1. The van der Waals surface area contributed by atoms with E-state index in [1.165, 1.54) is 0 Å². The van der Waals surface area contributed by atoms with Gasteiger partial charge in [0, 0.05) is 12.3 Å². The van der Waals surface area contributed by atoms with Crippen molar-refractivity contribution in [2.24, 2.45) is 0 Å². The summed E-state index contributed by atoms with van der Waals surface area (Å²) < 4.78 is 12.3. The Labute approximate surface area is 140 Å². The van der Waals surface area contributed by atoms with E-state index in [4.69, 9.17) is 9.47 Å². The number of rotatable bonds is 5. The highest BCUT2D eigenvalue weighted by Crippen LogP contribution is 2.31. The predicted octanol–water partition coefficient (Wildman–Crippen LogP) is 3.58. The maximum Gasteiger partial charge on any atom is 0.250 e. The quantitative estimate of drug-likeness (QED) is 0.721. The minimum Gasteiger partial charge on any atom is -0.493 e. The molecular weight excluding hydrogens is 302 g/mol. The molecule has 4 nitrogen and oxygen atoms in total. The molecule has 0 N–H and O–H groups in total. The normalized spacial score (nSPS) is 10.4. The Morgan fingerprint density at radius 2 is 1.54 bits per heavy atom. The molecule has 0 unspecified atom stereocenters. The zero-order valence-corrected chi connectivity index (χ0v) is 13.7. The van der Waals surface area contributed by atoms with Crippen LogP contribution in [0.2, 0.25) is 0 Å². The van der Waals surface area contributed by atoms with E-state index >= 15 is 0 Å². The van der Waals surface area contributed by atoms with Crippen LogP contribution in [-0.4, -0.2) is 18.8 Å². The molecule has 0 atom stereocenters. The Morgan fingerprint density at radius 1 is 0.833 bits per heavy atom. The Bertz CT molecular complexity index is 885. The first-order valence-electron chi connectivity index (χ1n) is 7.68. The van der Waals surface area contributed by atoms with Gasteiger partial charge in [-0.3, -0.25) is 4.79 Å². The van der Waals surface area contributed by atoms with Crippen molar-refractivity contribution in [2.75, 3.05) is 14.2 Å². The number of methoxy groups -OCH3 is 2. The number of benzene rings is 2. The zero-order valence-electron chi connectivity index (χ0n) is 13.7. The molecule has 24 heavy (non-hydrogen) atoms. The van der Waals surface area contributed by atoms with Crippen LogP contribution in [0.4, 0.5) is 0 Å². The third-order valence-corrected chi connectivity index (χ3v) is 3.90. The van der Waals surface area contributed by atoms with Crippen LogP contribution in [0.25, 0.3) is 11.1 Å².